The Hall–Kier alpha value is -2.47. The van der Waals surface area contributed by atoms with Gasteiger partial charge in [0.25, 0.3) is 0 Å². The Labute approximate surface area is 151 Å². The third-order valence-electron chi connectivity index (χ3n) is 4.35. The molecule has 130 valence electrons. The van der Waals surface area contributed by atoms with E-state index in [1.165, 1.54) is 6.08 Å². The Balaban J connectivity index is 1.62. The van der Waals surface area contributed by atoms with Crippen molar-refractivity contribution in [2.75, 3.05) is 18.4 Å². The molecule has 1 aromatic carbocycles. The minimum absolute atomic E-state index is 0.0122. The lowest BCUT2D eigenvalue weighted by Crippen LogP contribution is -2.40. The number of benzene rings is 1. The van der Waals surface area contributed by atoms with Gasteiger partial charge >= 0.3 is 0 Å². The van der Waals surface area contributed by atoms with Crippen molar-refractivity contribution in [3.05, 3.63) is 48.0 Å². The van der Waals surface area contributed by atoms with Crippen LogP contribution in [0.15, 0.2) is 42.3 Å². The van der Waals surface area contributed by atoms with E-state index in [9.17, 15) is 9.59 Å². The van der Waals surface area contributed by atoms with Crippen LogP contribution in [0.2, 0.25) is 0 Å². The third kappa shape index (κ3) is 4.14. The Kier molecular flexibility index (Phi) is 5.28. The molecule has 25 heavy (non-hydrogen) atoms. The second kappa shape index (κ2) is 7.61. The third-order valence-corrected chi connectivity index (χ3v) is 5.36. The van der Waals surface area contributed by atoms with Crippen LogP contribution in [0.3, 0.4) is 0 Å². The Morgan fingerprint density at radius 2 is 2.12 bits per heavy atom. The van der Waals surface area contributed by atoms with Crippen LogP contribution < -0.4 is 5.32 Å². The molecule has 1 aliphatic heterocycles. The molecule has 0 atom stereocenters. The van der Waals surface area contributed by atoms with Gasteiger partial charge in [-0.2, -0.15) is 0 Å². The molecule has 0 unspecified atom stereocenters. The van der Waals surface area contributed by atoms with E-state index in [2.05, 4.69) is 16.9 Å². The summed E-state index contributed by atoms with van der Waals surface area (Å²) in [6.45, 7) is 6.67. The molecule has 2 heterocycles. The molecular formula is C19H21N3O2S. The Morgan fingerprint density at radius 1 is 1.36 bits per heavy atom. The quantitative estimate of drug-likeness (QED) is 0.854. The summed E-state index contributed by atoms with van der Waals surface area (Å²) >= 11 is 1.59. The van der Waals surface area contributed by atoms with Gasteiger partial charge in [-0.05, 0) is 38.0 Å². The minimum Gasteiger partial charge on any atom is -0.339 e. The lowest BCUT2D eigenvalue weighted by atomic mass is 9.95. The summed E-state index contributed by atoms with van der Waals surface area (Å²) in [5, 5.41) is 5.96. The highest BCUT2D eigenvalue weighted by molar-refractivity contribution is 7.13. The molecule has 3 rings (SSSR count). The van der Waals surface area contributed by atoms with Crippen molar-refractivity contribution in [1.82, 2.24) is 9.88 Å². The van der Waals surface area contributed by atoms with Crippen molar-refractivity contribution in [3.8, 4) is 10.6 Å². The van der Waals surface area contributed by atoms with Crippen LogP contribution in [0, 0.1) is 12.8 Å². The smallest absolute Gasteiger partial charge is 0.245 e. The second-order valence-corrected chi connectivity index (χ2v) is 7.03. The summed E-state index contributed by atoms with van der Waals surface area (Å²) in [7, 11) is 0. The number of likely N-dealkylation sites (tertiary alicyclic amines) is 1. The van der Waals surface area contributed by atoms with Gasteiger partial charge in [0.2, 0.25) is 11.8 Å². The number of rotatable bonds is 4. The van der Waals surface area contributed by atoms with Gasteiger partial charge in [0, 0.05) is 41.3 Å². The number of aromatic nitrogens is 1. The van der Waals surface area contributed by atoms with Gasteiger partial charge in [0.15, 0.2) is 0 Å². The molecular weight excluding hydrogens is 334 g/mol. The number of piperidine rings is 1. The summed E-state index contributed by atoms with van der Waals surface area (Å²) < 4.78 is 0. The molecule has 1 saturated heterocycles. The Morgan fingerprint density at radius 3 is 2.76 bits per heavy atom. The molecule has 0 radical (unpaired) electrons. The van der Waals surface area contributed by atoms with Crippen LogP contribution >= 0.6 is 11.3 Å². The average Bonchev–Trinajstić information content (AvgIpc) is 3.08. The predicted molar refractivity (Wildman–Crippen MR) is 100 cm³/mol. The number of aryl methyl sites for hydroxylation is 1. The SMILES string of the molecule is C=CC(=O)N1CCC(C(=O)Nc2cccc(-c3nc(C)cs3)c2)CC1. The lowest BCUT2D eigenvalue weighted by Gasteiger charge is -2.30. The van der Waals surface area contributed by atoms with Crippen LogP contribution in [0.1, 0.15) is 18.5 Å². The number of hydrogen-bond acceptors (Lipinski definition) is 4. The second-order valence-electron chi connectivity index (χ2n) is 6.17. The number of nitrogens with one attached hydrogen (secondary N) is 1. The zero-order valence-electron chi connectivity index (χ0n) is 14.2. The largest absolute Gasteiger partial charge is 0.339 e. The molecule has 6 heteroatoms. The first kappa shape index (κ1) is 17.4. The molecule has 0 saturated carbocycles. The summed E-state index contributed by atoms with van der Waals surface area (Å²) in [6.07, 6.45) is 2.68. The van der Waals surface area contributed by atoms with E-state index in [0.29, 0.717) is 25.9 Å². The number of hydrogen-bond donors (Lipinski definition) is 1. The van der Waals surface area contributed by atoms with Gasteiger partial charge in [0.05, 0.1) is 0 Å². The average molecular weight is 355 g/mol. The molecule has 5 nitrogen and oxygen atoms in total. The number of amides is 2. The molecule has 1 fully saturated rings. The van der Waals surface area contributed by atoms with E-state index < -0.39 is 0 Å². The number of nitrogens with zero attached hydrogens (tertiary/aromatic N) is 2. The minimum atomic E-state index is -0.0698. The number of anilines is 1. The fourth-order valence-electron chi connectivity index (χ4n) is 2.95. The summed E-state index contributed by atoms with van der Waals surface area (Å²) in [6, 6.07) is 7.76. The normalized spacial score (nSPS) is 15.0. The van der Waals surface area contributed by atoms with Gasteiger partial charge in [0.1, 0.15) is 5.01 Å². The molecule has 0 aliphatic carbocycles. The van der Waals surface area contributed by atoms with Gasteiger partial charge in [-0.1, -0.05) is 18.7 Å². The standard InChI is InChI=1S/C19H21N3O2S/c1-3-17(23)22-9-7-14(8-10-22)18(24)21-16-6-4-5-15(11-16)19-20-13(2)12-25-19/h3-6,11-12,14H,1,7-10H2,2H3,(H,21,24). The Bertz CT molecular complexity index is 791. The molecule has 2 amide bonds. The number of carbonyl (C=O) groups excluding carboxylic acids is 2. The van der Waals surface area contributed by atoms with Crippen LogP contribution in [0.4, 0.5) is 5.69 Å². The maximum absolute atomic E-state index is 12.5. The first-order chi connectivity index (χ1) is 12.1. The topological polar surface area (TPSA) is 62.3 Å². The molecule has 0 spiro atoms. The first-order valence-electron chi connectivity index (χ1n) is 8.31. The van der Waals surface area contributed by atoms with Gasteiger partial charge in [-0.3, -0.25) is 9.59 Å². The van der Waals surface area contributed by atoms with Crippen molar-refractivity contribution >= 4 is 28.8 Å². The maximum Gasteiger partial charge on any atom is 0.245 e. The molecule has 1 N–H and O–H groups in total. The first-order valence-corrected chi connectivity index (χ1v) is 9.19. The van der Waals surface area contributed by atoms with Crippen molar-refractivity contribution in [2.45, 2.75) is 19.8 Å². The molecule has 1 aliphatic rings. The zero-order chi connectivity index (χ0) is 17.8. The van der Waals surface area contributed by atoms with Gasteiger partial charge < -0.3 is 10.2 Å². The van der Waals surface area contributed by atoms with Crippen LogP contribution in [0.25, 0.3) is 10.6 Å². The predicted octanol–water partition coefficient (Wildman–Crippen LogP) is 3.48. The monoisotopic (exact) mass is 355 g/mol. The highest BCUT2D eigenvalue weighted by Gasteiger charge is 2.26. The van der Waals surface area contributed by atoms with Crippen LogP contribution in [-0.4, -0.2) is 34.8 Å². The van der Waals surface area contributed by atoms with Crippen LogP contribution in [-0.2, 0) is 9.59 Å². The summed E-state index contributed by atoms with van der Waals surface area (Å²) in [4.78, 5) is 30.4. The van der Waals surface area contributed by atoms with Gasteiger partial charge in [-0.25, -0.2) is 4.98 Å². The number of thiazole rings is 1. The fourth-order valence-corrected chi connectivity index (χ4v) is 3.75. The molecule has 2 aromatic rings. The van der Waals surface area contributed by atoms with E-state index in [1.807, 2.05) is 36.6 Å². The van der Waals surface area contributed by atoms with E-state index >= 15 is 0 Å². The van der Waals surface area contributed by atoms with Gasteiger partial charge in [-0.15, -0.1) is 11.3 Å². The summed E-state index contributed by atoms with van der Waals surface area (Å²) in [5.74, 6) is -0.122. The highest BCUT2D eigenvalue weighted by Crippen LogP contribution is 2.26. The van der Waals surface area contributed by atoms with Crippen molar-refractivity contribution in [2.24, 2.45) is 5.92 Å². The zero-order valence-corrected chi connectivity index (χ0v) is 15.0. The molecule has 0 bridgehead atoms. The van der Waals surface area contributed by atoms with Crippen molar-refractivity contribution in [3.63, 3.8) is 0 Å². The van der Waals surface area contributed by atoms with E-state index in [0.717, 1.165) is 22.0 Å². The van der Waals surface area contributed by atoms with E-state index in [4.69, 9.17) is 0 Å². The lowest BCUT2D eigenvalue weighted by molar-refractivity contribution is -0.130. The molecule has 1 aromatic heterocycles. The maximum atomic E-state index is 12.5. The summed E-state index contributed by atoms with van der Waals surface area (Å²) in [5.41, 5.74) is 2.78. The van der Waals surface area contributed by atoms with Crippen molar-refractivity contribution < 1.29 is 9.59 Å². The highest BCUT2D eigenvalue weighted by atomic mass is 32.1. The van der Waals surface area contributed by atoms with E-state index in [-0.39, 0.29) is 17.7 Å². The fraction of sp³-hybridized carbons (Fsp3) is 0.316. The van der Waals surface area contributed by atoms with E-state index in [1.54, 1.807) is 16.2 Å². The number of carbonyl (C=O) groups is 2. The van der Waals surface area contributed by atoms with Crippen molar-refractivity contribution in [1.29, 1.82) is 0 Å². The van der Waals surface area contributed by atoms with Crippen LogP contribution in [0.5, 0.6) is 0 Å².